The Morgan fingerprint density at radius 3 is 2.19 bits per heavy atom. The molecule has 0 aliphatic carbocycles. The Balaban J connectivity index is 1.68. The normalized spacial score (nSPS) is 13.6. The molecule has 160 valence electrons. The molecule has 3 aromatic carbocycles. The van der Waals surface area contributed by atoms with Gasteiger partial charge in [-0.1, -0.05) is 46.3 Å². The number of hydrogen-bond acceptors (Lipinski definition) is 5. The first-order valence-electron chi connectivity index (χ1n) is 9.62. The molecule has 1 N–H and O–H groups in total. The summed E-state index contributed by atoms with van der Waals surface area (Å²) in [6.45, 7) is 0. The molecule has 1 heterocycles. The lowest BCUT2D eigenvalue weighted by Gasteiger charge is -2.25. The summed E-state index contributed by atoms with van der Waals surface area (Å²) < 4.78 is 0.847. The van der Waals surface area contributed by atoms with Crippen LogP contribution in [0.2, 0.25) is 0 Å². The monoisotopic (exact) mass is 493 g/mol. The Hall–Kier alpha value is -3.85. The Morgan fingerprint density at radius 1 is 0.969 bits per heavy atom. The molecule has 3 amide bonds. The van der Waals surface area contributed by atoms with Crippen molar-refractivity contribution in [1.29, 1.82) is 0 Å². The number of nitro groups is 1. The number of anilines is 1. The minimum atomic E-state index is -1.15. The summed E-state index contributed by atoms with van der Waals surface area (Å²) in [6.07, 6.45) is 0.0828. The number of carbonyl (C=O) groups excluding carboxylic acids is 3. The van der Waals surface area contributed by atoms with E-state index in [-0.39, 0.29) is 28.9 Å². The van der Waals surface area contributed by atoms with Crippen molar-refractivity contribution >= 4 is 45.0 Å². The van der Waals surface area contributed by atoms with Gasteiger partial charge >= 0.3 is 0 Å². The van der Waals surface area contributed by atoms with Gasteiger partial charge in [0, 0.05) is 28.7 Å². The molecular formula is C23H16BrN3O5. The van der Waals surface area contributed by atoms with Crippen LogP contribution in [0.15, 0.2) is 77.3 Å². The Bertz CT molecular complexity index is 1210. The average molecular weight is 494 g/mol. The second-order valence-corrected chi connectivity index (χ2v) is 8.08. The van der Waals surface area contributed by atoms with Gasteiger partial charge in [0.15, 0.2) is 0 Å². The zero-order valence-electron chi connectivity index (χ0n) is 16.5. The van der Waals surface area contributed by atoms with Gasteiger partial charge in [-0.05, 0) is 35.9 Å². The van der Waals surface area contributed by atoms with Crippen molar-refractivity contribution in [3.63, 3.8) is 0 Å². The van der Waals surface area contributed by atoms with Crippen LogP contribution in [0, 0.1) is 10.1 Å². The van der Waals surface area contributed by atoms with E-state index in [2.05, 4.69) is 21.2 Å². The number of rotatable bonds is 6. The Labute approximate surface area is 191 Å². The molecule has 1 aliphatic heterocycles. The summed E-state index contributed by atoms with van der Waals surface area (Å²) in [6, 6.07) is 17.9. The van der Waals surface area contributed by atoms with Crippen LogP contribution in [-0.4, -0.2) is 33.6 Å². The van der Waals surface area contributed by atoms with E-state index < -0.39 is 28.7 Å². The molecule has 0 bridgehead atoms. The van der Waals surface area contributed by atoms with Crippen molar-refractivity contribution < 1.29 is 19.3 Å². The van der Waals surface area contributed by atoms with Crippen LogP contribution in [-0.2, 0) is 11.2 Å². The van der Waals surface area contributed by atoms with Crippen molar-refractivity contribution in [1.82, 2.24) is 4.90 Å². The van der Waals surface area contributed by atoms with E-state index in [1.807, 2.05) is 0 Å². The fourth-order valence-corrected chi connectivity index (χ4v) is 3.82. The highest BCUT2D eigenvalue weighted by Crippen LogP contribution is 2.27. The van der Waals surface area contributed by atoms with E-state index in [1.165, 1.54) is 24.3 Å². The molecule has 1 atom stereocenters. The van der Waals surface area contributed by atoms with Gasteiger partial charge in [-0.15, -0.1) is 0 Å². The summed E-state index contributed by atoms with van der Waals surface area (Å²) in [4.78, 5) is 50.7. The first-order chi connectivity index (χ1) is 15.3. The predicted molar refractivity (Wildman–Crippen MR) is 120 cm³/mol. The van der Waals surface area contributed by atoms with Crippen LogP contribution < -0.4 is 5.32 Å². The average Bonchev–Trinajstić information content (AvgIpc) is 3.04. The molecule has 0 spiro atoms. The fourth-order valence-electron chi connectivity index (χ4n) is 3.56. The molecule has 4 rings (SSSR count). The number of carbonyl (C=O) groups is 3. The van der Waals surface area contributed by atoms with Gasteiger partial charge in [0.05, 0.1) is 16.1 Å². The number of nitro benzene ring substituents is 1. The summed E-state index contributed by atoms with van der Waals surface area (Å²) in [5, 5.41) is 13.7. The molecule has 0 aromatic heterocycles. The van der Waals surface area contributed by atoms with Crippen molar-refractivity contribution in [2.24, 2.45) is 0 Å². The second kappa shape index (κ2) is 8.72. The largest absolute Gasteiger partial charge is 0.324 e. The van der Waals surface area contributed by atoms with Crippen molar-refractivity contribution in [2.45, 2.75) is 12.5 Å². The van der Waals surface area contributed by atoms with Gasteiger partial charge in [0.1, 0.15) is 6.04 Å². The highest BCUT2D eigenvalue weighted by Gasteiger charge is 2.42. The third-order valence-corrected chi connectivity index (χ3v) is 5.64. The van der Waals surface area contributed by atoms with Gasteiger partial charge in [-0.2, -0.15) is 0 Å². The predicted octanol–water partition coefficient (Wildman–Crippen LogP) is 4.20. The number of halogens is 1. The quantitative estimate of drug-likeness (QED) is 0.314. The van der Waals surface area contributed by atoms with Gasteiger partial charge < -0.3 is 5.32 Å². The SMILES string of the molecule is O=C(Nc1cccc([N+](=O)[O-])c1)C(Cc1ccc(Br)cc1)N1C(=O)c2ccccc2C1=O. The smallest absolute Gasteiger partial charge is 0.271 e. The summed E-state index contributed by atoms with van der Waals surface area (Å²) in [5.41, 5.74) is 1.22. The van der Waals surface area contributed by atoms with E-state index >= 15 is 0 Å². The summed E-state index contributed by atoms with van der Waals surface area (Å²) in [7, 11) is 0. The topological polar surface area (TPSA) is 110 Å². The number of benzene rings is 3. The van der Waals surface area contributed by atoms with E-state index in [1.54, 1.807) is 48.5 Å². The summed E-state index contributed by atoms with van der Waals surface area (Å²) >= 11 is 3.36. The first kappa shape index (κ1) is 21.4. The van der Waals surface area contributed by atoms with Gasteiger partial charge in [0.25, 0.3) is 17.5 Å². The molecular weight excluding hydrogens is 478 g/mol. The van der Waals surface area contributed by atoms with Crippen LogP contribution >= 0.6 is 15.9 Å². The maximum atomic E-state index is 13.3. The van der Waals surface area contributed by atoms with E-state index in [0.717, 1.165) is 14.9 Å². The molecule has 0 radical (unpaired) electrons. The third-order valence-electron chi connectivity index (χ3n) is 5.11. The minimum absolute atomic E-state index is 0.0828. The standard InChI is InChI=1S/C23H16BrN3O5/c24-15-10-8-14(9-11-15)12-20(21(28)25-16-4-3-5-17(13-16)27(31)32)26-22(29)18-6-1-2-7-19(18)23(26)30/h1-11,13,20H,12H2,(H,25,28). The number of fused-ring (bicyclic) bond motifs is 1. The number of imide groups is 1. The molecule has 1 unspecified atom stereocenters. The van der Waals surface area contributed by atoms with Gasteiger partial charge in [-0.3, -0.25) is 29.4 Å². The Kier molecular flexibility index (Phi) is 5.83. The maximum absolute atomic E-state index is 13.3. The highest BCUT2D eigenvalue weighted by atomic mass is 79.9. The lowest BCUT2D eigenvalue weighted by Crippen LogP contribution is -2.48. The number of nitrogens with zero attached hydrogens (tertiary/aromatic N) is 2. The van der Waals surface area contributed by atoms with Crippen LogP contribution in [0.4, 0.5) is 11.4 Å². The third kappa shape index (κ3) is 4.15. The van der Waals surface area contributed by atoms with E-state index in [9.17, 15) is 24.5 Å². The zero-order chi connectivity index (χ0) is 22.8. The van der Waals surface area contributed by atoms with Gasteiger partial charge in [0.2, 0.25) is 5.91 Å². The van der Waals surface area contributed by atoms with E-state index in [0.29, 0.717) is 0 Å². The minimum Gasteiger partial charge on any atom is -0.324 e. The number of hydrogen-bond donors (Lipinski definition) is 1. The number of non-ortho nitro benzene ring substituents is 1. The maximum Gasteiger partial charge on any atom is 0.271 e. The Morgan fingerprint density at radius 2 is 1.59 bits per heavy atom. The molecule has 9 heteroatoms. The van der Waals surface area contributed by atoms with Crippen LogP contribution in [0.1, 0.15) is 26.3 Å². The lowest BCUT2D eigenvalue weighted by atomic mass is 10.0. The second-order valence-electron chi connectivity index (χ2n) is 7.17. The molecule has 0 fully saturated rings. The van der Waals surface area contributed by atoms with Crippen molar-refractivity contribution in [3.05, 3.63) is 104 Å². The fraction of sp³-hybridized carbons (Fsp3) is 0.0870. The zero-order valence-corrected chi connectivity index (χ0v) is 18.1. The molecule has 32 heavy (non-hydrogen) atoms. The highest BCUT2D eigenvalue weighted by molar-refractivity contribution is 9.10. The number of amides is 3. The first-order valence-corrected chi connectivity index (χ1v) is 10.4. The lowest BCUT2D eigenvalue weighted by molar-refractivity contribution is -0.384. The van der Waals surface area contributed by atoms with Gasteiger partial charge in [-0.25, -0.2) is 0 Å². The van der Waals surface area contributed by atoms with Crippen molar-refractivity contribution in [2.75, 3.05) is 5.32 Å². The molecule has 3 aromatic rings. The molecule has 1 aliphatic rings. The van der Waals surface area contributed by atoms with Crippen LogP contribution in [0.25, 0.3) is 0 Å². The van der Waals surface area contributed by atoms with E-state index in [4.69, 9.17) is 0 Å². The molecule has 8 nitrogen and oxygen atoms in total. The molecule has 0 saturated heterocycles. The van der Waals surface area contributed by atoms with Crippen LogP contribution in [0.5, 0.6) is 0 Å². The summed E-state index contributed by atoms with van der Waals surface area (Å²) in [5.74, 6) is -1.73. The molecule has 0 saturated carbocycles. The van der Waals surface area contributed by atoms with Crippen LogP contribution in [0.3, 0.4) is 0 Å². The van der Waals surface area contributed by atoms with Crippen molar-refractivity contribution in [3.8, 4) is 0 Å². The number of nitrogens with one attached hydrogen (secondary N) is 1.